The summed E-state index contributed by atoms with van der Waals surface area (Å²) in [5.74, 6) is 0.141. The molecule has 0 radical (unpaired) electrons. The lowest BCUT2D eigenvalue weighted by atomic mass is 9.72. The number of likely N-dealkylation sites (tertiary alicyclic amines) is 1. The summed E-state index contributed by atoms with van der Waals surface area (Å²) in [5, 5.41) is 27.7. The third-order valence-corrected chi connectivity index (χ3v) is 9.19. The van der Waals surface area contributed by atoms with Crippen molar-refractivity contribution in [3.8, 4) is 11.8 Å². The van der Waals surface area contributed by atoms with Crippen molar-refractivity contribution in [1.82, 2.24) is 9.88 Å². The van der Waals surface area contributed by atoms with Gasteiger partial charge >= 0.3 is 6.03 Å². The van der Waals surface area contributed by atoms with Crippen LogP contribution in [0.15, 0.2) is 54.6 Å². The average Bonchev–Trinajstić information content (AvgIpc) is 3.49. The molecule has 0 aliphatic carbocycles. The maximum absolute atomic E-state index is 13.2. The molecule has 1 saturated heterocycles. The number of amides is 2. The van der Waals surface area contributed by atoms with Crippen LogP contribution in [0, 0.1) is 23.7 Å². The minimum atomic E-state index is -0.391. The number of fused-ring (bicyclic) bond motifs is 3. The Kier molecular flexibility index (Phi) is 7.08. The van der Waals surface area contributed by atoms with E-state index < -0.39 is 6.03 Å². The van der Waals surface area contributed by atoms with Crippen LogP contribution in [0.1, 0.15) is 50.3 Å². The topological polar surface area (TPSA) is 105 Å². The number of hydrogen-bond acceptors (Lipinski definition) is 7. The zero-order chi connectivity index (χ0) is 29.6. The van der Waals surface area contributed by atoms with Crippen molar-refractivity contribution in [2.45, 2.75) is 46.0 Å². The fourth-order valence-electron chi connectivity index (χ4n) is 6.52. The molecule has 2 aliphatic heterocycles. The van der Waals surface area contributed by atoms with Gasteiger partial charge in [0.15, 0.2) is 5.13 Å². The van der Waals surface area contributed by atoms with E-state index in [0.717, 1.165) is 59.5 Å². The summed E-state index contributed by atoms with van der Waals surface area (Å²) in [4.78, 5) is 22.3. The SMILES string of the molecule is Cc1ccc2nc(NC(=O)Nc3ccccc3N3CC4(CCN(CC(C)(C)C)CC4)c4c(C#N)ccc(O)c43)sc2c1. The van der Waals surface area contributed by atoms with Crippen molar-refractivity contribution < 1.29 is 9.90 Å². The number of nitriles is 1. The third kappa shape index (κ3) is 5.28. The van der Waals surface area contributed by atoms with Crippen LogP contribution in [-0.2, 0) is 5.41 Å². The molecule has 1 fully saturated rings. The van der Waals surface area contributed by atoms with Crippen molar-refractivity contribution in [3.05, 3.63) is 71.3 Å². The van der Waals surface area contributed by atoms with Gasteiger partial charge in [-0.15, -0.1) is 0 Å². The van der Waals surface area contributed by atoms with Crippen molar-refractivity contribution in [2.75, 3.05) is 41.7 Å². The van der Waals surface area contributed by atoms with Gasteiger partial charge in [-0.05, 0) is 80.2 Å². The fraction of sp³-hybridized carbons (Fsp3) is 0.364. The Morgan fingerprint density at radius 1 is 1.12 bits per heavy atom. The molecule has 3 N–H and O–H groups in total. The highest BCUT2D eigenvalue weighted by Gasteiger charge is 2.48. The largest absolute Gasteiger partial charge is 0.506 e. The molecule has 9 heteroatoms. The van der Waals surface area contributed by atoms with Crippen molar-refractivity contribution in [2.24, 2.45) is 5.41 Å². The van der Waals surface area contributed by atoms with Crippen molar-refractivity contribution in [1.29, 1.82) is 5.26 Å². The second kappa shape index (κ2) is 10.6. The number of piperidine rings is 1. The van der Waals surface area contributed by atoms with E-state index in [1.54, 1.807) is 12.1 Å². The molecule has 42 heavy (non-hydrogen) atoms. The number of aromatic hydroxyl groups is 1. The van der Waals surface area contributed by atoms with Gasteiger partial charge in [0.2, 0.25) is 0 Å². The van der Waals surface area contributed by atoms with Crippen LogP contribution in [0.25, 0.3) is 10.2 Å². The zero-order valence-electron chi connectivity index (χ0n) is 24.5. The quantitative estimate of drug-likeness (QED) is 0.233. The maximum atomic E-state index is 13.2. The highest BCUT2D eigenvalue weighted by atomic mass is 32.1. The maximum Gasteiger partial charge on any atom is 0.325 e. The molecule has 1 spiro atoms. The van der Waals surface area contributed by atoms with Gasteiger partial charge in [-0.1, -0.05) is 50.3 Å². The molecule has 4 aromatic rings. The first-order valence-corrected chi connectivity index (χ1v) is 15.2. The van der Waals surface area contributed by atoms with E-state index in [-0.39, 0.29) is 16.6 Å². The Hall–Kier alpha value is -4.13. The predicted molar refractivity (Wildman–Crippen MR) is 170 cm³/mol. The number of nitrogens with one attached hydrogen (secondary N) is 2. The lowest BCUT2D eigenvalue weighted by Gasteiger charge is -2.42. The van der Waals surface area contributed by atoms with Crippen LogP contribution in [0.3, 0.4) is 0 Å². The summed E-state index contributed by atoms with van der Waals surface area (Å²) >= 11 is 1.43. The van der Waals surface area contributed by atoms with Crippen LogP contribution >= 0.6 is 11.3 Å². The highest BCUT2D eigenvalue weighted by Crippen LogP contribution is 2.55. The van der Waals surface area contributed by atoms with Crippen molar-refractivity contribution in [3.63, 3.8) is 0 Å². The Bertz CT molecular complexity index is 1710. The number of phenolic OH excluding ortho intramolecular Hbond substituents is 1. The standard InChI is InChI=1S/C33H36N6O2S/c1-21-9-11-24-27(17-21)42-31(36-24)37-30(41)35-23-7-5-6-8-25(23)39-20-33(13-15-38(16-14-33)19-32(2,3)4)28-22(18-34)10-12-26(40)29(28)39/h5-12,17,40H,13-16,19-20H2,1-4H3,(H2,35,36,37,41). The van der Waals surface area contributed by atoms with Gasteiger partial charge in [0.1, 0.15) is 5.75 Å². The number of phenols is 1. The van der Waals surface area contributed by atoms with Crippen molar-refractivity contribution >= 4 is 49.8 Å². The summed E-state index contributed by atoms with van der Waals surface area (Å²) in [6.45, 7) is 12.3. The van der Waals surface area contributed by atoms with Gasteiger partial charge in [0.05, 0.1) is 38.9 Å². The lowest BCUT2D eigenvalue weighted by Crippen LogP contribution is -2.47. The number of thiazole rings is 1. The molecule has 0 saturated carbocycles. The first kappa shape index (κ1) is 28.0. The van der Waals surface area contributed by atoms with Gasteiger partial charge < -0.3 is 20.2 Å². The molecule has 216 valence electrons. The fourth-order valence-corrected chi connectivity index (χ4v) is 7.48. The van der Waals surface area contributed by atoms with Gasteiger partial charge in [0, 0.05) is 24.1 Å². The van der Waals surface area contributed by atoms with Crippen LogP contribution in [0.4, 0.5) is 27.0 Å². The summed E-state index contributed by atoms with van der Waals surface area (Å²) in [7, 11) is 0. The molecule has 2 amide bonds. The number of anilines is 4. The molecule has 0 bridgehead atoms. The first-order valence-electron chi connectivity index (χ1n) is 14.4. The molecular weight excluding hydrogens is 544 g/mol. The van der Waals surface area contributed by atoms with E-state index in [1.165, 1.54) is 11.3 Å². The van der Waals surface area contributed by atoms with Gasteiger partial charge in [-0.3, -0.25) is 5.32 Å². The molecule has 2 aliphatic rings. The van der Waals surface area contributed by atoms with E-state index in [0.29, 0.717) is 28.6 Å². The van der Waals surface area contributed by atoms with E-state index >= 15 is 0 Å². The third-order valence-electron chi connectivity index (χ3n) is 8.26. The molecule has 8 nitrogen and oxygen atoms in total. The van der Waals surface area contributed by atoms with Crippen LogP contribution in [0.2, 0.25) is 0 Å². The molecule has 0 unspecified atom stereocenters. The number of aromatic nitrogens is 1. The molecular formula is C33H36N6O2S. The summed E-state index contributed by atoms with van der Waals surface area (Å²) < 4.78 is 1.02. The number of rotatable bonds is 4. The number of urea groups is 1. The Morgan fingerprint density at radius 3 is 2.62 bits per heavy atom. The normalized spacial score (nSPS) is 16.4. The molecule has 0 atom stereocenters. The predicted octanol–water partition coefficient (Wildman–Crippen LogP) is 7.36. The number of carbonyl (C=O) groups excluding carboxylic acids is 1. The Labute approximate surface area is 250 Å². The minimum absolute atomic E-state index is 0.141. The first-order chi connectivity index (χ1) is 20.0. The molecule has 1 aromatic heterocycles. The summed E-state index contributed by atoms with van der Waals surface area (Å²) in [6, 6.07) is 19.0. The number of hydrogen-bond donors (Lipinski definition) is 3. The monoisotopic (exact) mass is 580 g/mol. The van der Waals surface area contributed by atoms with Gasteiger partial charge in [-0.25, -0.2) is 9.78 Å². The zero-order valence-corrected chi connectivity index (χ0v) is 25.3. The molecule has 3 aromatic carbocycles. The Morgan fingerprint density at radius 2 is 1.88 bits per heavy atom. The van der Waals surface area contributed by atoms with Gasteiger partial charge in [0.25, 0.3) is 0 Å². The number of benzene rings is 3. The number of carbonyl (C=O) groups is 1. The highest BCUT2D eigenvalue weighted by molar-refractivity contribution is 7.22. The average molecular weight is 581 g/mol. The van der Waals surface area contributed by atoms with Crippen LogP contribution in [0.5, 0.6) is 5.75 Å². The summed E-state index contributed by atoms with van der Waals surface area (Å²) in [6.07, 6.45) is 1.77. The number of nitrogens with zero attached hydrogens (tertiary/aromatic N) is 4. The van der Waals surface area contributed by atoms with Gasteiger partial charge in [-0.2, -0.15) is 5.26 Å². The summed E-state index contributed by atoms with van der Waals surface area (Å²) in [5.41, 5.74) is 5.48. The molecule has 6 rings (SSSR count). The smallest absolute Gasteiger partial charge is 0.325 e. The van der Waals surface area contributed by atoms with E-state index in [2.05, 4.69) is 58.3 Å². The molecule has 3 heterocycles. The second-order valence-corrected chi connectivity index (χ2v) is 13.8. The van der Waals surface area contributed by atoms with Crippen LogP contribution < -0.4 is 15.5 Å². The second-order valence-electron chi connectivity index (χ2n) is 12.8. The van der Waals surface area contributed by atoms with E-state index in [1.807, 2.05) is 43.3 Å². The Balaban J connectivity index is 1.30. The number of aryl methyl sites for hydroxylation is 1. The van der Waals surface area contributed by atoms with E-state index in [4.69, 9.17) is 0 Å². The van der Waals surface area contributed by atoms with E-state index in [9.17, 15) is 15.2 Å². The van der Waals surface area contributed by atoms with Crippen LogP contribution in [-0.4, -0.2) is 47.2 Å². The number of para-hydroxylation sites is 2. The lowest BCUT2D eigenvalue weighted by molar-refractivity contribution is 0.125. The minimum Gasteiger partial charge on any atom is -0.506 e.